The van der Waals surface area contributed by atoms with E-state index in [9.17, 15) is 14.4 Å². The van der Waals surface area contributed by atoms with Gasteiger partial charge in [0.25, 0.3) is 11.8 Å². The minimum atomic E-state index is -0.357. The van der Waals surface area contributed by atoms with Crippen LogP contribution in [0.5, 0.6) is 0 Å². The van der Waals surface area contributed by atoms with Crippen molar-refractivity contribution in [3.8, 4) is 5.69 Å². The van der Waals surface area contributed by atoms with Crippen LogP contribution in [0.1, 0.15) is 54.0 Å². The second-order valence-electron chi connectivity index (χ2n) is 8.72. The summed E-state index contributed by atoms with van der Waals surface area (Å²) < 4.78 is 7.10. The number of aromatic nitrogens is 1. The van der Waals surface area contributed by atoms with Gasteiger partial charge in [0, 0.05) is 23.6 Å². The second kappa shape index (κ2) is 10.6. The Labute approximate surface area is 211 Å². The maximum absolute atomic E-state index is 13.5. The van der Waals surface area contributed by atoms with Crippen molar-refractivity contribution in [2.75, 3.05) is 18.2 Å². The van der Waals surface area contributed by atoms with Crippen LogP contribution in [-0.2, 0) is 14.3 Å². The average Bonchev–Trinajstić information content (AvgIpc) is 3.29. The topological polar surface area (TPSA) is 71.9 Å². The maximum atomic E-state index is 13.5. The van der Waals surface area contributed by atoms with Gasteiger partial charge >= 0.3 is 5.97 Å². The molecule has 0 bridgehead atoms. The minimum Gasteiger partial charge on any atom is -0.462 e. The average molecular weight is 486 g/mol. The number of carbonyl (C=O) groups is 3. The molecular formula is C29H31N3O4. The van der Waals surface area contributed by atoms with Gasteiger partial charge in [0.1, 0.15) is 5.57 Å². The van der Waals surface area contributed by atoms with Crippen LogP contribution in [-0.4, -0.2) is 40.5 Å². The molecule has 0 aliphatic carbocycles. The molecule has 7 nitrogen and oxygen atoms in total. The number of hydrogen-bond donors (Lipinski definition) is 0. The molecule has 0 saturated carbocycles. The Morgan fingerprint density at radius 3 is 2.25 bits per heavy atom. The van der Waals surface area contributed by atoms with Crippen LogP contribution < -0.4 is 5.01 Å². The zero-order chi connectivity index (χ0) is 25.8. The Morgan fingerprint density at radius 1 is 0.917 bits per heavy atom. The molecule has 1 fully saturated rings. The van der Waals surface area contributed by atoms with Crippen LogP contribution in [0.4, 0.5) is 5.69 Å². The number of carbonyl (C=O) groups excluding carboxylic acids is 3. The number of esters is 1. The first-order valence-corrected chi connectivity index (χ1v) is 12.3. The Balaban J connectivity index is 1.69. The summed E-state index contributed by atoms with van der Waals surface area (Å²) >= 11 is 0. The lowest BCUT2D eigenvalue weighted by Gasteiger charge is -2.27. The molecule has 2 heterocycles. The van der Waals surface area contributed by atoms with Crippen molar-refractivity contribution < 1.29 is 19.1 Å². The third kappa shape index (κ3) is 4.69. The summed E-state index contributed by atoms with van der Waals surface area (Å²) in [6.07, 6.45) is 3.40. The molecule has 1 saturated heterocycles. The second-order valence-corrected chi connectivity index (χ2v) is 8.72. The normalized spacial score (nSPS) is 14.7. The van der Waals surface area contributed by atoms with Gasteiger partial charge in [-0.05, 0) is 81.3 Å². The predicted octanol–water partition coefficient (Wildman–Crippen LogP) is 5.24. The van der Waals surface area contributed by atoms with Gasteiger partial charge < -0.3 is 9.30 Å². The molecule has 1 aliphatic rings. The summed E-state index contributed by atoms with van der Waals surface area (Å²) in [5.41, 5.74) is 4.81. The maximum Gasteiger partial charge on any atom is 0.338 e. The van der Waals surface area contributed by atoms with E-state index < -0.39 is 0 Å². The van der Waals surface area contributed by atoms with Crippen molar-refractivity contribution in [3.63, 3.8) is 0 Å². The summed E-state index contributed by atoms with van der Waals surface area (Å²) in [5, 5.41) is 3.03. The molecule has 186 valence electrons. The van der Waals surface area contributed by atoms with E-state index in [2.05, 4.69) is 6.92 Å². The van der Waals surface area contributed by atoms with Crippen molar-refractivity contribution in [2.24, 2.45) is 0 Å². The molecule has 7 heteroatoms. The van der Waals surface area contributed by atoms with Crippen LogP contribution in [0.2, 0.25) is 0 Å². The molecule has 36 heavy (non-hydrogen) atoms. The zero-order valence-electron chi connectivity index (χ0n) is 21.2. The first-order valence-electron chi connectivity index (χ1n) is 12.3. The first kappa shape index (κ1) is 25.0. The molecule has 0 N–H and O–H groups in total. The van der Waals surface area contributed by atoms with Crippen molar-refractivity contribution in [1.29, 1.82) is 0 Å². The van der Waals surface area contributed by atoms with Crippen molar-refractivity contribution in [3.05, 3.63) is 88.8 Å². The highest BCUT2D eigenvalue weighted by Crippen LogP contribution is 2.30. The molecule has 0 radical (unpaired) electrons. The minimum absolute atomic E-state index is 0.146. The van der Waals surface area contributed by atoms with E-state index in [0.29, 0.717) is 24.4 Å². The summed E-state index contributed by atoms with van der Waals surface area (Å²) in [6, 6.07) is 18.4. The molecule has 0 atom stereocenters. The molecule has 2 aromatic carbocycles. The van der Waals surface area contributed by atoms with Crippen LogP contribution in [0, 0.1) is 13.8 Å². The number of para-hydroxylation sites is 1. The molecule has 2 amide bonds. The largest absolute Gasteiger partial charge is 0.462 e. The number of ether oxygens (including phenoxy) is 1. The van der Waals surface area contributed by atoms with E-state index in [-0.39, 0.29) is 23.4 Å². The highest BCUT2D eigenvalue weighted by molar-refractivity contribution is 6.31. The molecule has 3 aromatic rings. The number of anilines is 1. The van der Waals surface area contributed by atoms with Gasteiger partial charge in [-0.1, -0.05) is 31.5 Å². The summed E-state index contributed by atoms with van der Waals surface area (Å²) in [4.78, 5) is 38.8. The summed E-state index contributed by atoms with van der Waals surface area (Å²) in [5.74, 6) is -0.976. The fourth-order valence-electron chi connectivity index (χ4n) is 4.45. The Hall–Kier alpha value is -4.13. The highest BCUT2D eigenvalue weighted by atomic mass is 16.5. The predicted molar refractivity (Wildman–Crippen MR) is 140 cm³/mol. The molecule has 1 aliphatic heterocycles. The van der Waals surface area contributed by atoms with E-state index in [1.807, 2.05) is 66.9 Å². The van der Waals surface area contributed by atoms with E-state index in [0.717, 1.165) is 35.5 Å². The molecule has 0 unspecified atom stereocenters. The third-order valence-corrected chi connectivity index (χ3v) is 6.26. The molecule has 1 aromatic heterocycles. The Kier molecular flexibility index (Phi) is 7.38. The van der Waals surface area contributed by atoms with Crippen LogP contribution in [0.3, 0.4) is 0 Å². The van der Waals surface area contributed by atoms with Gasteiger partial charge in [-0.15, -0.1) is 0 Å². The number of hydrogen-bond acceptors (Lipinski definition) is 4. The van der Waals surface area contributed by atoms with Gasteiger partial charge in [0.2, 0.25) is 0 Å². The number of unbranched alkanes of at least 4 members (excludes halogenated alkanes) is 1. The van der Waals surface area contributed by atoms with Gasteiger partial charge in [-0.2, -0.15) is 0 Å². The zero-order valence-corrected chi connectivity index (χ0v) is 21.2. The number of hydrazine groups is 1. The van der Waals surface area contributed by atoms with Gasteiger partial charge in [-0.25, -0.2) is 14.8 Å². The smallest absolute Gasteiger partial charge is 0.338 e. The lowest BCUT2D eigenvalue weighted by atomic mass is 10.1. The van der Waals surface area contributed by atoms with E-state index in [1.165, 1.54) is 5.01 Å². The van der Waals surface area contributed by atoms with E-state index >= 15 is 0 Å². The summed E-state index contributed by atoms with van der Waals surface area (Å²) in [7, 11) is 0. The van der Waals surface area contributed by atoms with Gasteiger partial charge in [-0.3, -0.25) is 9.59 Å². The fraction of sp³-hybridized carbons (Fsp3) is 0.276. The lowest BCUT2D eigenvalue weighted by molar-refractivity contribution is -0.125. The van der Waals surface area contributed by atoms with Crippen molar-refractivity contribution in [1.82, 2.24) is 9.58 Å². The van der Waals surface area contributed by atoms with Crippen LogP contribution >= 0.6 is 0 Å². The number of aryl methyl sites for hydroxylation is 1. The number of rotatable bonds is 8. The summed E-state index contributed by atoms with van der Waals surface area (Å²) in [6.45, 7) is 8.54. The molecule has 0 spiro atoms. The number of amides is 2. The molecular weight excluding hydrogens is 454 g/mol. The Morgan fingerprint density at radius 2 is 1.61 bits per heavy atom. The lowest BCUT2D eigenvalue weighted by Crippen LogP contribution is -2.41. The van der Waals surface area contributed by atoms with Gasteiger partial charge in [0.05, 0.1) is 17.9 Å². The van der Waals surface area contributed by atoms with E-state index in [4.69, 9.17) is 4.74 Å². The van der Waals surface area contributed by atoms with E-state index in [1.54, 1.807) is 30.1 Å². The van der Waals surface area contributed by atoms with Crippen molar-refractivity contribution >= 4 is 29.5 Å². The highest BCUT2D eigenvalue weighted by Gasteiger charge is 2.41. The van der Waals surface area contributed by atoms with Crippen molar-refractivity contribution in [2.45, 2.75) is 40.5 Å². The third-order valence-electron chi connectivity index (χ3n) is 6.26. The monoisotopic (exact) mass is 485 g/mol. The standard InChI is InChI=1S/C29H31N3O4/c1-5-7-17-30-27(33)26(28(34)32(30)25-11-9-8-10-12-25)19-23-18-20(3)31(21(23)4)24-15-13-22(14-16-24)29(35)36-6-2/h8-16,18-19H,5-7,17H2,1-4H3/b26-19-. The quantitative estimate of drug-likeness (QED) is 0.248. The number of nitrogens with zero attached hydrogens (tertiary/aromatic N) is 3. The van der Waals surface area contributed by atoms with Crippen LogP contribution in [0.25, 0.3) is 11.8 Å². The fourth-order valence-corrected chi connectivity index (χ4v) is 4.45. The number of benzene rings is 2. The Bertz CT molecular complexity index is 1310. The SMILES string of the molecule is CCCCN1C(=O)/C(=C/c2cc(C)n(-c3ccc(C(=O)OCC)cc3)c2C)C(=O)N1c1ccccc1. The molecule has 4 rings (SSSR count). The van der Waals surface area contributed by atoms with Crippen LogP contribution in [0.15, 0.2) is 66.2 Å². The van der Waals surface area contributed by atoms with Gasteiger partial charge in [0.15, 0.2) is 0 Å². The first-order chi connectivity index (χ1) is 17.4.